The number of nitrogens with zero attached hydrogens (tertiary/aromatic N) is 1. The molecule has 0 saturated carbocycles. The molecule has 3 rings (SSSR count). The zero-order valence-corrected chi connectivity index (χ0v) is 14.2. The van der Waals surface area contributed by atoms with Gasteiger partial charge in [-0.25, -0.2) is 4.79 Å². The Balaban J connectivity index is 1.61. The number of carbonyl (C=O) groups is 1. The Kier molecular flexibility index (Phi) is 5.34. The molecule has 0 aliphatic rings. The monoisotopic (exact) mass is 350 g/mol. The molecule has 6 nitrogen and oxygen atoms in total. The number of benzene rings is 2. The van der Waals surface area contributed by atoms with E-state index < -0.39 is 5.97 Å². The Morgan fingerprint density at radius 3 is 2.65 bits per heavy atom. The molecule has 6 heteroatoms. The zero-order valence-electron chi connectivity index (χ0n) is 14.2. The second-order valence-corrected chi connectivity index (χ2v) is 5.49. The van der Waals surface area contributed by atoms with Crippen molar-refractivity contribution in [3.63, 3.8) is 0 Å². The van der Waals surface area contributed by atoms with E-state index in [-0.39, 0.29) is 5.56 Å². The molecule has 0 radical (unpaired) electrons. The number of para-hydroxylation sites is 1. The number of carboxylic acids is 1. The Morgan fingerprint density at radius 1 is 1.15 bits per heavy atom. The van der Waals surface area contributed by atoms with Gasteiger partial charge in [0.15, 0.2) is 0 Å². The maximum atomic E-state index is 10.9. The van der Waals surface area contributed by atoms with Crippen LogP contribution in [0.1, 0.15) is 21.7 Å². The summed E-state index contributed by atoms with van der Waals surface area (Å²) in [6.07, 6.45) is 1.59. The van der Waals surface area contributed by atoms with Gasteiger partial charge < -0.3 is 19.7 Å². The van der Waals surface area contributed by atoms with Crippen molar-refractivity contribution in [2.75, 3.05) is 7.11 Å². The number of ether oxygens (including phenoxy) is 1. The first kappa shape index (κ1) is 17.3. The number of methoxy groups -OCH3 is 1. The highest BCUT2D eigenvalue weighted by Crippen LogP contribution is 2.22. The number of hydrazone groups is 1. The van der Waals surface area contributed by atoms with E-state index in [1.54, 1.807) is 43.7 Å². The van der Waals surface area contributed by atoms with Gasteiger partial charge in [0.2, 0.25) is 0 Å². The van der Waals surface area contributed by atoms with Crippen LogP contribution >= 0.6 is 0 Å². The minimum atomic E-state index is -0.954. The molecular weight excluding hydrogens is 332 g/mol. The first-order valence-electron chi connectivity index (χ1n) is 7.99. The van der Waals surface area contributed by atoms with E-state index in [0.29, 0.717) is 18.1 Å². The van der Waals surface area contributed by atoms with E-state index in [0.717, 1.165) is 16.9 Å². The van der Waals surface area contributed by atoms with Crippen molar-refractivity contribution in [1.29, 1.82) is 0 Å². The molecule has 0 atom stereocenters. The number of furan rings is 1. The topological polar surface area (TPSA) is 84.1 Å². The van der Waals surface area contributed by atoms with Crippen LogP contribution in [0.3, 0.4) is 0 Å². The molecule has 0 spiro atoms. The fourth-order valence-electron chi connectivity index (χ4n) is 2.44. The lowest BCUT2D eigenvalue weighted by Gasteiger charge is -2.06. The van der Waals surface area contributed by atoms with Gasteiger partial charge in [-0.1, -0.05) is 30.3 Å². The number of hydrogen-bond acceptors (Lipinski definition) is 5. The smallest absolute Gasteiger partial charge is 0.335 e. The summed E-state index contributed by atoms with van der Waals surface area (Å²) in [6.45, 7) is 0.532. The SMILES string of the molecule is COc1ccccc1CN/N=C\c1ccc(-c2ccc(C(=O)O)cc2)o1. The molecule has 132 valence electrons. The molecule has 26 heavy (non-hydrogen) atoms. The van der Waals surface area contributed by atoms with Gasteiger partial charge >= 0.3 is 5.97 Å². The van der Waals surface area contributed by atoms with Crippen molar-refractivity contribution in [3.05, 3.63) is 77.6 Å². The Hall–Kier alpha value is -3.54. The highest BCUT2D eigenvalue weighted by atomic mass is 16.5. The number of nitrogens with one attached hydrogen (secondary N) is 1. The van der Waals surface area contributed by atoms with Gasteiger partial charge in [0.05, 0.1) is 25.4 Å². The average molecular weight is 350 g/mol. The van der Waals surface area contributed by atoms with E-state index in [1.165, 1.54) is 0 Å². The van der Waals surface area contributed by atoms with Gasteiger partial charge in [0, 0.05) is 11.1 Å². The minimum absolute atomic E-state index is 0.239. The molecule has 0 aliphatic heterocycles. The van der Waals surface area contributed by atoms with Gasteiger partial charge in [-0.3, -0.25) is 0 Å². The van der Waals surface area contributed by atoms with Crippen LogP contribution in [-0.4, -0.2) is 24.4 Å². The zero-order chi connectivity index (χ0) is 18.4. The Morgan fingerprint density at radius 2 is 1.92 bits per heavy atom. The van der Waals surface area contributed by atoms with E-state index in [2.05, 4.69) is 10.5 Å². The van der Waals surface area contributed by atoms with Gasteiger partial charge in [-0.2, -0.15) is 5.10 Å². The molecule has 0 aliphatic carbocycles. The summed E-state index contributed by atoms with van der Waals surface area (Å²) in [4.78, 5) is 10.9. The van der Waals surface area contributed by atoms with Crippen LogP contribution in [0, 0.1) is 0 Å². The lowest BCUT2D eigenvalue weighted by molar-refractivity contribution is 0.0697. The molecule has 2 aromatic carbocycles. The first-order chi connectivity index (χ1) is 12.7. The summed E-state index contributed by atoms with van der Waals surface area (Å²) < 4.78 is 11.0. The first-order valence-corrected chi connectivity index (χ1v) is 7.99. The standard InChI is InChI=1S/C20H18N2O4/c1-25-18-5-3-2-4-16(18)12-21-22-13-17-10-11-19(26-17)14-6-8-15(9-7-14)20(23)24/h2-11,13,21H,12H2,1H3,(H,23,24)/b22-13-. The molecule has 1 heterocycles. The number of rotatable bonds is 7. The van der Waals surface area contributed by atoms with Crippen LogP contribution in [0.15, 0.2) is 70.2 Å². The lowest BCUT2D eigenvalue weighted by Crippen LogP contribution is -2.06. The summed E-state index contributed by atoms with van der Waals surface area (Å²) in [6, 6.07) is 17.9. The molecule has 2 N–H and O–H groups in total. The fraction of sp³-hybridized carbons (Fsp3) is 0.100. The Bertz CT molecular complexity index is 914. The van der Waals surface area contributed by atoms with Gasteiger partial charge in [-0.15, -0.1) is 0 Å². The van der Waals surface area contributed by atoms with Gasteiger partial charge in [0.1, 0.15) is 17.3 Å². The third-order valence-electron chi connectivity index (χ3n) is 3.79. The third kappa shape index (κ3) is 4.10. The van der Waals surface area contributed by atoms with Crippen LogP contribution in [0.25, 0.3) is 11.3 Å². The fourth-order valence-corrected chi connectivity index (χ4v) is 2.44. The van der Waals surface area contributed by atoms with E-state index in [4.69, 9.17) is 14.3 Å². The number of aromatic carboxylic acids is 1. The van der Waals surface area contributed by atoms with Crippen molar-refractivity contribution in [2.45, 2.75) is 6.54 Å². The van der Waals surface area contributed by atoms with Crippen molar-refractivity contribution >= 4 is 12.2 Å². The van der Waals surface area contributed by atoms with Crippen molar-refractivity contribution in [3.8, 4) is 17.1 Å². The van der Waals surface area contributed by atoms with E-state index in [1.807, 2.05) is 30.3 Å². The maximum Gasteiger partial charge on any atom is 0.335 e. The Labute approximate surface area is 150 Å². The molecule has 0 saturated heterocycles. The second kappa shape index (κ2) is 8.02. The number of carboxylic acid groups (broad SMARTS) is 1. The average Bonchev–Trinajstić information content (AvgIpc) is 3.14. The van der Waals surface area contributed by atoms with Crippen LogP contribution in [0.2, 0.25) is 0 Å². The summed E-state index contributed by atoms with van der Waals surface area (Å²) in [5.74, 6) is 1.09. The van der Waals surface area contributed by atoms with Crippen LogP contribution < -0.4 is 10.2 Å². The predicted octanol–water partition coefficient (Wildman–Crippen LogP) is 3.78. The van der Waals surface area contributed by atoms with Crippen molar-refractivity contribution in [2.24, 2.45) is 5.10 Å². The van der Waals surface area contributed by atoms with E-state index >= 15 is 0 Å². The molecular formula is C20H18N2O4. The molecule has 1 aromatic heterocycles. The molecule has 0 bridgehead atoms. The molecule has 3 aromatic rings. The molecule has 0 fully saturated rings. The highest BCUT2D eigenvalue weighted by molar-refractivity contribution is 5.88. The quantitative estimate of drug-likeness (QED) is 0.500. The third-order valence-corrected chi connectivity index (χ3v) is 3.79. The van der Waals surface area contributed by atoms with Gasteiger partial charge in [-0.05, 0) is 30.3 Å². The summed E-state index contributed by atoms with van der Waals surface area (Å²) in [5, 5.41) is 13.1. The predicted molar refractivity (Wildman–Crippen MR) is 98.5 cm³/mol. The van der Waals surface area contributed by atoms with Crippen molar-refractivity contribution < 1.29 is 19.1 Å². The van der Waals surface area contributed by atoms with E-state index in [9.17, 15) is 4.79 Å². The lowest BCUT2D eigenvalue weighted by atomic mass is 10.1. The molecule has 0 amide bonds. The minimum Gasteiger partial charge on any atom is -0.496 e. The molecule has 0 unspecified atom stereocenters. The van der Waals surface area contributed by atoms with Crippen LogP contribution in [0.4, 0.5) is 0 Å². The normalized spacial score (nSPS) is 10.8. The highest BCUT2D eigenvalue weighted by Gasteiger charge is 2.06. The maximum absolute atomic E-state index is 10.9. The van der Waals surface area contributed by atoms with Gasteiger partial charge in [0.25, 0.3) is 0 Å². The van der Waals surface area contributed by atoms with Crippen molar-refractivity contribution in [1.82, 2.24) is 5.43 Å². The summed E-state index contributed by atoms with van der Waals surface area (Å²) in [7, 11) is 1.63. The largest absolute Gasteiger partial charge is 0.496 e. The van der Waals surface area contributed by atoms with Crippen LogP contribution in [-0.2, 0) is 6.54 Å². The second-order valence-electron chi connectivity index (χ2n) is 5.49. The summed E-state index contributed by atoms with van der Waals surface area (Å²) >= 11 is 0. The number of hydrogen-bond donors (Lipinski definition) is 2. The summed E-state index contributed by atoms with van der Waals surface area (Å²) in [5.41, 5.74) is 5.00. The van der Waals surface area contributed by atoms with Crippen LogP contribution in [0.5, 0.6) is 5.75 Å².